The number of halogens is 1. The third-order valence-electron chi connectivity index (χ3n) is 2.69. The molecule has 0 atom stereocenters. The molecule has 2 nitrogen and oxygen atoms in total. The minimum atomic E-state index is -0.382. The Morgan fingerprint density at radius 2 is 1.58 bits per heavy atom. The van der Waals surface area contributed by atoms with Crippen molar-refractivity contribution >= 4 is 28.0 Å². The van der Waals surface area contributed by atoms with Gasteiger partial charge in [0.25, 0.3) is 0 Å². The Morgan fingerprint density at radius 3 is 2.16 bits per heavy atom. The Hall–Kier alpha value is -1.87. The van der Waals surface area contributed by atoms with Crippen LogP contribution in [-0.2, 0) is 9.53 Å². The molecule has 0 aromatic heterocycles. The molecule has 0 N–H and O–H groups in total. The van der Waals surface area contributed by atoms with Gasteiger partial charge in [0.05, 0.1) is 7.11 Å². The molecule has 0 aliphatic carbocycles. The first-order chi connectivity index (χ1) is 9.20. The smallest absolute Gasteiger partial charge is 0.344 e. The summed E-state index contributed by atoms with van der Waals surface area (Å²) >= 11 is 3.19. The molecule has 0 radical (unpaired) electrons. The lowest BCUT2D eigenvalue weighted by Gasteiger charge is -2.02. The van der Waals surface area contributed by atoms with E-state index in [9.17, 15) is 4.79 Å². The minimum Gasteiger partial charge on any atom is -0.465 e. The summed E-state index contributed by atoms with van der Waals surface area (Å²) in [6.45, 7) is 0. The summed E-state index contributed by atoms with van der Waals surface area (Å²) in [5.41, 5.74) is 3.26. The SMILES string of the molecule is COC(=O)/C(Br)=C\c1ccc(-c2ccccc2)cc1. The van der Waals surface area contributed by atoms with E-state index in [1.54, 1.807) is 6.08 Å². The lowest BCUT2D eigenvalue weighted by atomic mass is 10.0. The van der Waals surface area contributed by atoms with Crippen LogP contribution in [0.4, 0.5) is 0 Å². The number of hydrogen-bond donors (Lipinski definition) is 0. The fourth-order valence-electron chi connectivity index (χ4n) is 1.71. The minimum absolute atomic E-state index is 0.382. The van der Waals surface area contributed by atoms with Crippen LogP contribution in [0.25, 0.3) is 17.2 Å². The number of rotatable bonds is 3. The normalized spacial score (nSPS) is 11.2. The Morgan fingerprint density at radius 1 is 1.00 bits per heavy atom. The van der Waals surface area contributed by atoms with Gasteiger partial charge < -0.3 is 4.74 Å². The molecule has 0 amide bonds. The molecular formula is C16H13BrO2. The van der Waals surface area contributed by atoms with Crippen molar-refractivity contribution in [3.05, 3.63) is 64.6 Å². The predicted molar refractivity (Wildman–Crippen MR) is 80.8 cm³/mol. The molecule has 0 heterocycles. The molecule has 19 heavy (non-hydrogen) atoms. The van der Waals surface area contributed by atoms with Gasteiger partial charge in [-0.15, -0.1) is 0 Å². The van der Waals surface area contributed by atoms with Crippen molar-refractivity contribution < 1.29 is 9.53 Å². The molecule has 0 saturated carbocycles. The van der Waals surface area contributed by atoms with Crippen molar-refractivity contribution in [3.8, 4) is 11.1 Å². The number of carbonyl (C=O) groups is 1. The first-order valence-corrected chi connectivity index (χ1v) is 6.61. The molecule has 0 aliphatic rings. The third-order valence-corrected chi connectivity index (χ3v) is 3.24. The van der Waals surface area contributed by atoms with Gasteiger partial charge in [0.2, 0.25) is 0 Å². The molecule has 2 rings (SSSR count). The fraction of sp³-hybridized carbons (Fsp3) is 0.0625. The maximum Gasteiger partial charge on any atom is 0.344 e. The van der Waals surface area contributed by atoms with Crippen LogP contribution >= 0.6 is 15.9 Å². The Balaban J connectivity index is 2.22. The molecule has 0 unspecified atom stereocenters. The van der Waals surface area contributed by atoms with Crippen LogP contribution in [0, 0.1) is 0 Å². The molecule has 0 aliphatic heterocycles. The van der Waals surface area contributed by atoms with Crippen LogP contribution in [0.1, 0.15) is 5.56 Å². The van der Waals surface area contributed by atoms with Gasteiger partial charge in [-0.25, -0.2) is 4.79 Å². The van der Waals surface area contributed by atoms with Crippen molar-refractivity contribution in [2.45, 2.75) is 0 Å². The van der Waals surface area contributed by atoms with Crippen LogP contribution in [0.5, 0.6) is 0 Å². The molecule has 3 heteroatoms. The lowest BCUT2D eigenvalue weighted by molar-refractivity contribution is -0.135. The molecule has 2 aromatic carbocycles. The molecule has 0 bridgehead atoms. The van der Waals surface area contributed by atoms with E-state index in [1.807, 2.05) is 42.5 Å². The number of methoxy groups -OCH3 is 1. The summed E-state index contributed by atoms with van der Waals surface area (Å²) in [6.07, 6.45) is 1.74. The van der Waals surface area contributed by atoms with Crippen LogP contribution < -0.4 is 0 Å². The van der Waals surface area contributed by atoms with Crippen LogP contribution in [0.2, 0.25) is 0 Å². The van der Waals surface area contributed by atoms with Gasteiger partial charge in [0.15, 0.2) is 0 Å². The average molecular weight is 317 g/mol. The summed E-state index contributed by atoms with van der Waals surface area (Å²) in [6, 6.07) is 18.1. The average Bonchev–Trinajstić information content (AvgIpc) is 2.48. The van der Waals surface area contributed by atoms with Crippen molar-refractivity contribution in [2.75, 3.05) is 7.11 Å². The zero-order valence-electron chi connectivity index (χ0n) is 10.5. The second-order valence-electron chi connectivity index (χ2n) is 3.97. The largest absolute Gasteiger partial charge is 0.465 e. The van der Waals surface area contributed by atoms with E-state index in [0.717, 1.165) is 11.1 Å². The Bertz CT molecular complexity index is 586. The van der Waals surface area contributed by atoms with E-state index in [0.29, 0.717) is 4.48 Å². The van der Waals surface area contributed by atoms with Gasteiger partial charge in [-0.05, 0) is 38.7 Å². The topological polar surface area (TPSA) is 26.3 Å². The molecule has 0 spiro atoms. The van der Waals surface area contributed by atoms with Crippen LogP contribution in [0.15, 0.2) is 59.1 Å². The highest BCUT2D eigenvalue weighted by Crippen LogP contribution is 2.21. The maximum absolute atomic E-state index is 11.3. The molecule has 0 fully saturated rings. The zero-order chi connectivity index (χ0) is 13.7. The molecule has 2 aromatic rings. The summed E-state index contributed by atoms with van der Waals surface area (Å²) in [7, 11) is 1.36. The Labute approximate surface area is 120 Å². The van der Waals surface area contributed by atoms with E-state index >= 15 is 0 Å². The van der Waals surface area contributed by atoms with Crippen LogP contribution in [-0.4, -0.2) is 13.1 Å². The summed E-state index contributed by atoms with van der Waals surface area (Å²) < 4.78 is 5.03. The summed E-state index contributed by atoms with van der Waals surface area (Å²) in [5.74, 6) is -0.382. The van der Waals surface area contributed by atoms with Crippen LogP contribution in [0.3, 0.4) is 0 Å². The maximum atomic E-state index is 11.3. The number of hydrogen-bond acceptors (Lipinski definition) is 2. The molecular weight excluding hydrogens is 304 g/mol. The van der Waals surface area contributed by atoms with Crippen molar-refractivity contribution in [3.63, 3.8) is 0 Å². The quantitative estimate of drug-likeness (QED) is 0.624. The highest BCUT2D eigenvalue weighted by atomic mass is 79.9. The second-order valence-corrected chi connectivity index (χ2v) is 4.83. The first kappa shape index (κ1) is 13.6. The van der Waals surface area contributed by atoms with Gasteiger partial charge in [0, 0.05) is 0 Å². The van der Waals surface area contributed by atoms with Crippen molar-refractivity contribution in [2.24, 2.45) is 0 Å². The Kier molecular flexibility index (Phi) is 4.53. The fourth-order valence-corrected chi connectivity index (χ4v) is 2.13. The predicted octanol–water partition coefficient (Wildman–Crippen LogP) is 4.26. The third kappa shape index (κ3) is 3.55. The van der Waals surface area contributed by atoms with E-state index in [-0.39, 0.29) is 5.97 Å². The standard InChI is InChI=1S/C16H13BrO2/c1-19-16(18)15(17)11-12-7-9-14(10-8-12)13-5-3-2-4-6-13/h2-11H,1H3/b15-11+. The lowest BCUT2D eigenvalue weighted by Crippen LogP contribution is -1.98. The molecule has 0 saturated heterocycles. The molecule has 96 valence electrons. The zero-order valence-corrected chi connectivity index (χ0v) is 12.1. The number of ether oxygens (including phenoxy) is 1. The van der Waals surface area contributed by atoms with Gasteiger partial charge in [-0.3, -0.25) is 0 Å². The second kappa shape index (κ2) is 6.34. The van der Waals surface area contributed by atoms with Gasteiger partial charge >= 0.3 is 5.97 Å². The summed E-state index contributed by atoms with van der Waals surface area (Å²) in [4.78, 5) is 11.3. The number of benzene rings is 2. The first-order valence-electron chi connectivity index (χ1n) is 5.81. The van der Waals surface area contributed by atoms with Gasteiger partial charge in [-0.1, -0.05) is 54.6 Å². The number of carbonyl (C=O) groups excluding carboxylic acids is 1. The van der Waals surface area contributed by atoms with E-state index in [1.165, 1.54) is 12.7 Å². The van der Waals surface area contributed by atoms with E-state index in [4.69, 9.17) is 0 Å². The van der Waals surface area contributed by atoms with Gasteiger partial charge in [0.1, 0.15) is 4.48 Å². The highest BCUT2D eigenvalue weighted by Gasteiger charge is 2.05. The van der Waals surface area contributed by atoms with Crippen molar-refractivity contribution in [1.82, 2.24) is 0 Å². The van der Waals surface area contributed by atoms with Gasteiger partial charge in [-0.2, -0.15) is 0 Å². The summed E-state index contributed by atoms with van der Waals surface area (Å²) in [5, 5.41) is 0. The van der Waals surface area contributed by atoms with E-state index < -0.39 is 0 Å². The van der Waals surface area contributed by atoms with Crippen molar-refractivity contribution in [1.29, 1.82) is 0 Å². The van der Waals surface area contributed by atoms with E-state index in [2.05, 4.69) is 32.8 Å². The highest BCUT2D eigenvalue weighted by molar-refractivity contribution is 9.12. The monoisotopic (exact) mass is 316 g/mol. The number of esters is 1.